The number of carboxylic acids is 1. The Labute approximate surface area is 106 Å². The van der Waals surface area contributed by atoms with Gasteiger partial charge in [0.2, 0.25) is 0 Å². The molecule has 0 spiro atoms. The van der Waals surface area contributed by atoms with Crippen LogP contribution in [-0.4, -0.2) is 29.5 Å². The molecule has 2 heterocycles. The molecule has 0 radical (unpaired) electrons. The van der Waals surface area contributed by atoms with Crippen molar-refractivity contribution in [1.29, 1.82) is 0 Å². The molecule has 0 aromatic carbocycles. The fraction of sp³-hybridized carbons (Fsp3) is 0. The molecule has 0 amide bonds. The minimum absolute atomic E-state index is 0.0278. The van der Waals surface area contributed by atoms with Crippen LogP contribution in [0, 0.1) is 0 Å². The first-order valence-electron chi connectivity index (χ1n) is 4.60. The van der Waals surface area contributed by atoms with Crippen LogP contribution in [0.5, 0.6) is 0 Å². The Balaban J connectivity index is 2.37. The van der Waals surface area contributed by atoms with Gasteiger partial charge in [-0.3, -0.25) is 9.71 Å². The van der Waals surface area contributed by atoms with Crippen LogP contribution < -0.4 is 4.72 Å². The van der Waals surface area contributed by atoms with Gasteiger partial charge in [-0.25, -0.2) is 18.2 Å². The van der Waals surface area contributed by atoms with Crippen molar-refractivity contribution in [2.75, 3.05) is 4.72 Å². The van der Waals surface area contributed by atoms with Gasteiger partial charge in [-0.1, -0.05) is 0 Å². The predicted molar refractivity (Wildman–Crippen MR) is 64.1 cm³/mol. The van der Waals surface area contributed by atoms with Crippen LogP contribution >= 0.6 is 11.3 Å². The fourth-order valence-electron chi connectivity index (χ4n) is 1.21. The zero-order valence-corrected chi connectivity index (χ0v) is 10.4. The predicted octanol–water partition coefficient (Wildman–Crippen LogP) is 1.04. The molecule has 0 saturated heterocycles. The summed E-state index contributed by atoms with van der Waals surface area (Å²) in [5, 5.41) is 10.3. The van der Waals surface area contributed by atoms with Gasteiger partial charge in [-0.2, -0.15) is 0 Å². The minimum atomic E-state index is -3.97. The SMILES string of the molecule is O=C(O)c1sccc1S(=O)(=O)Nc1cnccn1. The molecule has 2 aromatic rings. The van der Waals surface area contributed by atoms with Crippen molar-refractivity contribution >= 4 is 33.1 Å². The number of carbonyl (C=O) groups is 1. The first-order chi connectivity index (χ1) is 8.50. The molecule has 0 unspecified atom stereocenters. The molecule has 2 N–H and O–H groups in total. The van der Waals surface area contributed by atoms with Gasteiger partial charge in [-0.15, -0.1) is 11.3 Å². The van der Waals surface area contributed by atoms with Crippen molar-refractivity contribution in [1.82, 2.24) is 9.97 Å². The Hall–Kier alpha value is -2.00. The van der Waals surface area contributed by atoms with E-state index in [9.17, 15) is 13.2 Å². The highest BCUT2D eigenvalue weighted by Gasteiger charge is 2.24. The smallest absolute Gasteiger partial charge is 0.347 e. The van der Waals surface area contributed by atoms with Gasteiger partial charge in [0, 0.05) is 12.4 Å². The van der Waals surface area contributed by atoms with Gasteiger partial charge in [-0.05, 0) is 11.4 Å². The lowest BCUT2D eigenvalue weighted by Crippen LogP contribution is -2.16. The van der Waals surface area contributed by atoms with Crippen LogP contribution in [0.3, 0.4) is 0 Å². The molecule has 94 valence electrons. The van der Waals surface area contributed by atoms with Crippen LogP contribution in [0.15, 0.2) is 34.9 Å². The summed E-state index contributed by atoms with van der Waals surface area (Å²) in [7, 11) is -3.97. The van der Waals surface area contributed by atoms with Crippen molar-refractivity contribution in [3.05, 3.63) is 34.9 Å². The van der Waals surface area contributed by atoms with Gasteiger partial charge in [0.15, 0.2) is 5.82 Å². The second-order valence-corrected chi connectivity index (χ2v) is 5.68. The van der Waals surface area contributed by atoms with E-state index in [1.54, 1.807) is 0 Å². The second kappa shape index (κ2) is 4.70. The quantitative estimate of drug-likeness (QED) is 0.868. The van der Waals surface area contributed by atoms with E-state index < -0.39 is 16.0 Å². The number of hydrogen-bond acceptors (Lipinski definition) is 6. The number of rotatable bonds is 4. The Morgan fingerprint density at radius 1 is 1.39 bits per heavy atom. The van der Waals surface area contributed by atoms with Gasteiger partial charge in [0.05, 0.1) is 6.20 Å². The normalized spacial score (nSPS) is 11.1. The number of aromatic carboxylic acids is 1. The van der Waals surface area contributed by atoms with E-state index in [-0.39, 0.29) is 15.6 Å². The summed E-state index contributed by atoms with van der Waals surface area (Å²) < 4.78 is 26.1. The zero-order chi connectivity index (χ0) is 13.2. The molecule has 0 bridgehead atoms. The Kier molecular flexibility index (Phi) is 3.26. The lowest BCUT2D eigenvalue weighted by molar-refractivity contribution is 0.0698. The number of nitrogens with zero attached hydrogens (tertiary/aromatic N) is 2. The number of carboxylic acid groups (broad SMARTS) is 1. The van der Waals surface area contributed by atoms with E-state index in [1.807, 2.05) is 0 Å². The van der Waals surface area contributed by atoms with E-state index >= 15 is 0 Å². The van der Waals surface area contributed by atoms with Crippen molar-refractivity contribution in [2.45, 2.75) is 4.90 Å². The zero-order valence-electron chi connectivity index (χ0n) is 8.77. The Bertz CT molecular complexity index is 666. The van der Waals surface area contributed by atoms with Crippen LogP contribution in [0.25, 0.3) is 0 Å². The highest BCUT2D eigenvalue weighted by Crippen LogP contribution is 2.23. The summed E-state index contributed by atoms with van der Waals surface area (Å²) in [5.74, 6) is -1.26. The number of aromatic nitrogens is 2. The summed E-state index contributed by atoms with van der Waals surface area (Å²) in [6, 6.07) is 1.23. The Morgan fingerprint density at radius 3 is 2.78 bits per heavy atom. The Morgan fingerprint density at radius 2 is 2.17 bits per heavy atom. The van der Waals surface area contributed by atoms with Crippen molar-refractivity contribution < 1.29 is 18.3 Å². The fourth-order valence-corrected chi connectivity index (χ4v) is 3.46. The van der Waals surface area contributed by atoms with E-state index in [0.717, 1.165) is 11.3 Å². The number of sulfonamides is 1. The maximum absolute atomic E-state index is 12.0. The maximum atomic E-state index is 12.0. The summed E-state index contributed by atoms with van der Waals surface area (Å²) in [6.07, 6.45) is 3.94. The summed E-state index contributed by atoms with van der Waals surface area (Å²) in [6.45, 7) is 0. The van der Waals surface area contributed by atoms with E-state index in [2.05, 4.69) is 14.7 Å². The van der Waals surface area contributed by atoms with Gasteiger partial charge in [0.25, 0.3) is 10.0 Å². The molecule has 18 heavy (non-hydrogen) atoms. The summed E-state index contributed by atoms with van der Waals surface area (Å²) in [5.41, 5.74) is 0. The first kappa shape index (κ1) is 12.5. The largest absolute Gasteiger partial charge is 0.477 e. The molecule has 7 nitrogen and oxygen atoms in total. The highest BCUT2D eigenvalue weighted by molar-refractivity contribution is 7.93. The number of nitrogens with one attached hydrogen (secondary N) is 1. The molecule has 0 aliphatic rings. The van der Waals surface area contributed by atoms with Crippen LogP contribution in [0.1, 0.15) is 9.67 Å². The third-order valence-electron chi connectivity index (χ3n) is 1.91. The molecular formula is C9H7N3O4S2. The molecule has 0 aliphatic carbocycles. The molecule has 2 rings (SSSR count). The van der Waals surface area contributed by atoms with E-state index in [1.165, 1.54) is 30.0 Å². The molecule has 0 aliphatic heterocycles. The van der Waals surface area contributed by atoms with Crippen LogP contribution in [-0.2, 0) is 10.0 Å². The number of thiophene rings is 1. The number of anilines is 1. The highest BCUT2D eigenvalue weighted by atomic mass is 32.2. The molecule has 0 atom stereocenters. The lowest BCUT2D eigenvalue weighted by atomic mass is 10.5. The molecule has 2 aromatic heterocycles. The average Bonchev–Trinajstić information content (AvgIpc) is 2.79. The second-order valence-electron chi connectivity index (χ2n) is 3.12. The third kappa shape index (κ3) is 2.46. The van der Waals surface area contributed by atoms with Gasteiger partial charge >= 0.3 is 5.97 Å². The van der Waals surface area contributed by atoms with Crippen LogP contribution in [0.2, 0.25) is 0 Å². The minimum Gasteiger partial charge on any atom is -0.477 e. The summed E-state index contributed by atoms with van der Waals surface area (Å²) in [4.78, 5) is 17.8. The van der Waals surface area contributed by atoms with Crippen molar-refractivity contribution in [3.8, 4) is 0 Å². The molecule has 0 fully saturated rings. The monoisotopic (exact) mass is 285 g/mol. The number of hydrogen-bond donors (Lipinski definition) is 2. The standard InChI is InChI=1S/C9H7N3O4S2/c13-9(14)8-6(1-4-17-8)18(15,16)12-7-5-10-2-3-11-7/h1-5H,(H,11,12)(H,13,14). The van der Waals surface area contributed by atoms with Gasteiger partial charge in [0.1, 0.15) is 9.77 Å². The summed E-state index contributed by atoms with van der Waals surface area (Å²) >= 11 is 0.840. The van der Waals surface area contributed by atoms with E-state index in [4.69, 9.17) is 5.11 Å². The first-order valence-corrected chi connectivity index (χ1v) is 6.96. The van der Waals surface area contributed by atoms with E-state index in [0.29, 0.717) is 0 Å². The van der Waals surface area contributed by atoms with Crippen molar-refractivity contribution in [3.63, 3.8) is 0 Å². The van der Waals surface area contributed by atoms with Crippen molar-refractivity contribution in [2.24, 2.45) is 0 Å². The third-order valence-corrected chi connectivity index (χ3v) is 4.34. The van der Waals surface area contributed by atoms with Gasteiger partial charge < -0.3 is 5.11 Å². The molecular weight excluding hydrogens is 278 g/mol. The molecule has 0 saturated carbocycles. The average molecular weight is 285 g/mol. The maximum Gasteiger partial charge on any atom is 0.347 e. The molecule has 9 heteroatoms. The topological polar surface area (TPSA) is 109 Å². The van der Waals surface area contributed by atoms with Crippen LogP contribution in [0.4, 0.5) is 5.82 Å². The lowest BCUT2D eigenvalue weighted by Gasteiger charge is -2.05.